The van der Waals surface area contributed by atoms with E-state index < -0.39 is 4.92 Å². The lowest BCUT2D eigenvalue weighted by Crippen LogP contribution is -2.51. The van der Waals surface area contributed by atoms with E-state index in [4.69, 9.17) is 11.0 Å². The average Bonchev–Trinajstić information content (AvgIpc) is 2.93. The highest BCUT2D eigenvalue weighted by Crippen LogP contribution is 2.26. The first-order valence-electron chi connectivity index (χ1n) is 12.1. The fourth-order valence-electron chi connectivity index (χ4n) is 4.55. The molecule has 0 aliphatic heterocycles. The minimum absolute atomic E-state index is 0.0845. The minimum Gasteiger partial charge on any atom is -0.330 e. The van der Waals surface area contributed by atoms with Crippen molar-refractivity contribution in [1.29, 1.82) is 5.26 Å². The number of hydrogen-bond donors (Lipinski definition) is 2. The first kappa shape index (κ1) is 25.5. The van der Waals surface area contributed by atoms with Crippen LogP contribution in [0, 0.1) is 21.4 Å². The third-order valence-corrected chi connectivity index (χ3v) is 6.61. The first-order chi connectivity index (χ1) is 17.9. The number of non-ortho nitro benzene ring substituents is 1. The summed E-state index contributed by atoms with van der Waals surface area (Å²) in [7, 11) is 0. The third kappa shape index (κ3) is 6.18. The predicted octanol–water partition coefficient (Wildman–Crippen LogP) is 4.63. The smallest absolute Gasteiger partial charge is 0.269 e. The lowest BCUT2D eigenvalue weighted by atomic mass is 9.89. The molecule has 1 fully saturated rings. The molecule has 1 aliphatic rings. The Morgan fingerprint density at radius 1 is 0.973 bits per heavy atom. The van der Waals surface area contributed by atoms with E-state index in [1.54, 1.807) is 36.4 Å². The van der Waals surface area contributed by atoms with Gasteiger partial charge in [0.1, 0.15) is 0 Å². The summed E-state index contributed by atoms with van der Waals surface area (Å²) >= 11 is 0. The molecule has 1 saturated carbocycles. The number of carbonyl (C=O) groups is 2. The van der Waals surface area contributed by atoms with Crippen LogP contribution >= 0.6 is 0 Å². The molecule has 0 bridgehead atoms. The van der Waals surface area contributed by atoms with Gasteiger partial charge >= 0.3 is 0 Å². The number of nitriles is 1. The number of benzene rings is 3. The highest BCUT2D eigenvalue weighted by Gasteiger charge is 2.31. The monoisotopic (exact) mass is 497 g/mol. The van der Waals surface area contributed by atoms with E-state index >= 15 is 0 Å². The molecule has 0 radical (unpaired) electrons. The summed E-state index contributed by atoms with van der Waals surface area (Å²) in [5.41, 5.74) is 9.09. The molecule has 0 saturated heterocycles. The van der Waals surface area contributed by atoms with Crippen LogP contribution in [0.5, 0.6) is 0 Å². The molecular formula is C28H27N5O4. The predicted molar refractivity (Wildman–Crippen MR) is 139 cm³/mol. The Bertz CT molecular complexity index is 1310. The van der Waals surface area contributed by atoms with Gasteiger partial charge in [0.15, 0.2) is 0 Å². The quantitative estimate of drug-likeness (QED) is 0.360. The number of carbonyl (C=O) groups excluding carboxylic acids is 2. The molecule has 3 N–H and O–H groups in total. The zero-order valence-electron chi connectivity index (χ0n) is 20.2. The van der Waals surface area contributed by atoms with E-state index in [9.17, 15) is 19.7 Å². The number of hydrogen-bond acceptors (Lipinski definition) is 6. The van der Waals surface area contributed by atoms with E-state index in [-0.39, 0.29) is 29.6 Å². The molecule has 4 rings (SSSR count). The molecule has 2 amide bonds. The van der Waals surface area contributed by atoms with Gasteiger partial charge in [-0.1, -0.05) is 25.0 Å². The number of anilines is 1. The average molecular weight is 498 g/mol. The van der Waals surface area contributed by atoms with Crippen LogP contribution in [0.25, 0.3) is 0 Å². The van der Waals surface area contributed by atoms with Crippen LogP contribution < -0.4 is 11.1 Å². The van der Waals surface area contributed by atoms with Crippen molar-refractivity contribution >= 4 is 23.2 Å². The van der Waals surface area contributed by atoms with Crippen molar-refractivity contribution in [3.63, 3.8) is 0 Å². The maximum atomic E-state index is 13.5. The number of amides is 2. The highest BCUT2D eigenvalue weighted by molar-refractivity contribution is 6.04. The Morgan fingerprint density at radius 2 is 1.59 bits per heavy atom. The lowest BCUT2D eigenvalue weighted by Gasteiger charge is -2.38. The van der Waals surface area contributed by atoms with Gasteiger partial charge in [-0.25, -0.2) is 0 Å². The molecule has 0 heterocycles. The van der Waals surface area contributed by atoms with Crippen molar-refractivity contribution in [2.24, 2.45) is 5.73 Å². The van der Waals surface area contributed by atoms with Gasteiger partial charge in [-0.3, -0.25) is 19.7 Å². The van der Waals surface area contributed by atoms with Gasteiger partial charge in [-0.2, -0.15) is 5.26 Å². The Balaban J connectivity index is 1.49. The second kappa shape index (κ2) is 11.5. The first-order valence-corrected chi connectivity index (χ1v) is 12.1. The SMILES string of the molecule is N#Cc1ccc(C(=O)N(Cc2ccc(NC(=O)c3ccc([N+](=O)[O-])cc3)cc2)C2CCCCC2N)cc1. The fourth-order valence-corrected chi connectivity index (χ4v) is 4.55. The summed E-state index contributed by atoms with van der Waals surface area (Å²) in [5, 5.41) is 22.7. The second-order valence-corrected chi connectivity index (χ2v) is 9.09. The minimum atomic E-state index is -0.518. The third-order valence-electron chi connectivity index (χ3n) is 6.61. The molecule has 9 nitrogen and oxygen atoms in total. The van der Waals surface area contributed by atoms with Crippen molar-refractivity contribution in [2.45, 2.75) is 44.3 Å². The maximum absolute atomic E-state index is 13.5. The van der Waals surface area contributed by atoms with E-state index in [0.717, 1.165) is 31.2 Å². The van der Waals surface area contributed by atoms with Crippen LogP contribution in [0.2, 0.25) is 0 Å². The van der Waals surface area contributed by atoms with Gasteiger partial charge in [-0.15, -0.1) is 0 Å². The largest absolute Gasteiger partial charge is 0.330 e. The molecule has 1 aliphatic carbocycles. The lowest BCUT2D eigenvalue weighted by molar-refractivity contribution is -0.384. The molecule has 188 valence electrons. The van der Waals surface area contributed by atoms with Gasteiger partial charge in [0.05, 0.1) is 16.6 Å². The van der Waals surface area contributed by atoms with Gasteiger partial charge in [0.25, 0.3) is 17.5 Å². The molecule has 2 atom stereocenters. The van der Waals surface area contributed by atoms with E-state index in [1.807, 2.05) is 17.0 Å². The van der Waals surface area contributed by atoms with Crippen LogP contribution in [-0.4, -0.2) is 33.7 Å². The van der Waals surface area contributed by atoms with Crippen LogP contribution in [0.4, 0.5) is 11.4 Å². The van der Waals surface area contributed by atoms with Crippen LogP contribution in [-0.2, 0) is 6.54 Å². The van der Waals surface area contributed by atoms with Crippen molar-refractivity contribution in [2.75, 3.05) is 5.32 Å². The van der Waals surface area contributed by atoms with Gasteiger partial charge < -0.3 is 16.0 Å². The number of nitro benzene ring substituents is 1. The molecular weight excluding hydrogens is 470 g/mol. The zero-order valence-corrected chi connectivity index (χ0v) is 20.2. The molecule has 37 heavy (non-hydrogen) atoms. The van der Waals surface area contributed by atoms with E-state index in [1.165, 1.54) is 24.3 Å². The topological polar surface area (TPSA) is 142 Å². The molecule has 0 spiro atoms. The highest BCUT2D eigenvalue weighted by atomic mass is 16.6. The number of nitrogens with zero attached hydrogens (tertiary/aromatic N) is 3. The normalized spacial score (nSPS) is 16.9. The van der Waals surface area contributed by atoms with Crippen LogP contribution in [0.1, 0.15) is 57.5 Å². The Hall–Kier alpha value is -4.55. The standard InChI is InChI=1S/C28H27N5O4/c29-17-19-5-9-22(10-6-19)28(35)32(26-4-2-1-3-25(26)30)18-20-7-13-23(14-8-20)31-27(34)21-11-15-24(16-12-21)33(36)37/h5-16,25-26H,1-4,18,30H2,(H,31,34). The van der Waals surface area contributed by atoms with Gasteiger partial charge in [0.2, 0.25) is 0 Å². The van der Waals surface area contributed by atoms with Gasteiger partial charge in [-0.05, 0) is 66.9 Å². The number of nitrogens with one attached hydrogen (secondary N) is 1. The molecule has 3 aromatic rings. The van der Waals surface area contributed by atoms with Crippen LogP contribution in [0.3, 0.4) is 0 Å². The Morgan fingerprint density at radius 3 is 2.19 bits per heavy atom. The summed E-state index contributed by atoms with van der Waals surface area (Å²) in [4.78, 5) is 38.2. The summed E-state index contributed by atoms with van der Waals surface area (Å²) in [6.07, 6.45) is 3.73. The molecule has 9 heteroatoms. The molecule has 0 aromatic heterocycles. The number of rotatable bonds is 7. The molecule has 2 unspecified atom stereocenters. The maximum Gasteiger partial charge on any atom is 0.269 e. The number of nitro groups is 1. The van der Waals surface area contributed by atoms with Gasteiger partial charge in [0, 0.05) is 47.6 Å². The fraction of sp³-hybridized carbons (Fsp3) is 0.250. The van der Waals surface area contributed by atoms with E-state index in [2.05, 4.69) is 11.4 Å². The summed E-state index contributed by atoms with van der Waals surface area (Å²) in [6, 6.07) is 21.0. The van der Waals surface area contributed by atoms with Crippen molar-refractivity contribution < 1.29 is 14.5 Å². The summed E-state index contributed by atoms with van der Waals surface area (Å²) in [6.45, 7) is 0.355. The van der Waals surface area contributed by atoms with Crippen molar-refractivity contribution in [3.8, 4) is 6.07 Å². The van der Waals surface area contributed by atoms with Crippen molar-refractivity contribution in [3.05, 3.63) is 105 Å². The van der Waals surface area contributed by atoms with Crippen LogP contribution in [0.15, 0.2) is 72.8 Å². The van der Waals surface area contributed by atoms with E-state index in [0.29, 0.717) is 28.9 Å². The zero-order chi connectivity index (χ0) is 26.4. The summed E-state index contributed by atoms with van der Waals surface area (Å²) in [5.74, 6) is -0.518. The molecule has 3 aromatic carbocycles. The Labute approximate surface area is 214 Å². The Kier molecular flexibility index (Phi) is 7.91. The second-order valence-electron chi connectivity index (χ2n) is 9.09. The number of nitrogens with two attached hydrogens (primary N) is 1. The van der Waals surface area contributed by atoms with Crippen molar-refractivity contribution in [1.82, 2.24) is 4.90 Å². The summed E-state index contributed by atoms with van der Waals surface area (Å²) < 4.78 is 0.